The van der Waals surface area contributed by atoms with Crippen LogP contribution in [-0.4, -0.2) is 33.8 Å². The van der Waals surface area contributed by atoms with Crippen molar-refractivity contribution in [3.05, 3.63) is 94.0 Å². The molecule has 0 N–H and O–H groups in total. The van der Waals surface area contributed by atoms with Crippen molar-refractivity contribution in [3.8, 4) is 11.5 Å². The lowest BCUT2D eigenvalue weighted by Gasteiger charge is -2.29. The van der Waals surface area contributed by atoms with Gasteiger partial charge in [-0.15, -0.1) is 0 Å². The Bertz CT molecular complexity index is 1370. The van der Waals surface area contributed by atoms with Crippen LogP contribution in [0.5, 0.6) is 11.5 Å². The van der Waals surface area contributed by atoms with Crippen LogP contribution in [0, 0.1) is 6.92 Å². The molecule has 39 heavy (non-hydrogen) atoms. The summed E-state index contributed by atoms with van der Waals surface area (Å²) >= 11 is 0. The minimum absolute atomic E-state index is 0.179. The maximum absolute atomic E-state index is 12.4. The zero-order valence-electron chi connectivity index (χ0n) is 24.3. The van der Waals surface area contributed by atoms with Gasteiger partial charge >= 0.3 is 0 Å². The van der Waals surface area contributed by atoms with Crippen LogP contribution in [-0.2, 0) is 5.41 Å². The number of rotatable bonds is 4. The number of benzene rings is 3. The topological polar surface area (TPSA) is 80.8 Å². The molecule has 3 aromatic carbocycles. The fraction of sp³-hybridized carbons (Fsp3) is 0.333. The lowest BCUT2D eigenvalue weighted by molar-refractivity contribution is 0.0507. The van der Waals surface area contributed by atoms with Crippen LogP contribution < -0.4 is 4.74 Å². The average Bonchev–Trinajstić information content (AvgIpc) is 3.09. The van der Waals surface area contributed by atoms with Crippen LogP contribution >= 0.6 is 0 Å². The van der Waals surface area contributed by atoms with Crippen LogP contribution in [0.3, 0.4) is 0 Å². The number of amides is 2. The maximum atomic E-state index is 12.4. The van der Waals surface area contributed by atoms with Gasteiger partial charge in [-0.2, -0.15) is 0 Å². The molecule has 204 valence electrons. The molecule has 0 saturated heterocycles. The first-order valence-electron chi connectivity index (χ1n) is 12.9. The number of imide groups is 1. The number of fused-ring (bicyclic) bond motifs is 1. The smallest absolute Gasteiger partial charge is 0.262 e. The van der Waals surface area contributed by atoms with Crippen LogP contribution in [0.2, 0.25) is 0 Å². The second-order valence-electron chi connectivity index (χ2n) is 11.9. The van der Waals surface area contributed by atoms with Crippen LogP contribution in [0.1, 0.15) is 108 Å². The number of nitrogens with zero attached hydrogens (tertiary/aromatic N) is 1. The summed E-state index contributed by atoms with van der Waals surface area (Å²) in [5.41, 5.74) is 2.80. The van der Waals surface area contributed by atoms with Gasteiger partial charge < -0.3 is 4.74 Å². The molecule has 6 heteroatoms. The highest BCUT2D eigenvalue weighted by molar-refractivity contribution is 6.24. The van der Waals surface area contributed by atoms with Gasteiger partial charge in [0.25, 0.3) is 11.8 Å². The Morgan fingerprint density at radius 3 is 1.38 bits per heavy atom. The van der Waals surface area contributed by atoms with E-state index >= 15 is 0 Å². The Labute approximate surface area is 231 Å². The number of ketones is 2. The molecule has 0 radical (unpaired) electrons. The van der Waals surface area contributed by atoms with E-state index in [1.54, 1.807) is 20.8 Å². The van der Waals surface area contributed by atoms with E-state index in [1.165, 1.54) is 37.1 Å². The van der Waals surface area contributed by atoms with E-state index in [-0.39, 0.29) is 39.2 Å². The lowest BCUT2D eigenvalue weighted by atomic mass is 9.87. The molecule has 0 fully saturated rings. The zero-order chi connectivity index (χ0) is 29.3. The summed E-state index contributed by atoms with van der Waals surface area (Å²) in [6.45, 7) is 16.6. The van der Waals surface area contributed by atoms with E-state index in [0.29, 0.717) is 0 Å². The third-order valence-corrected chi connectivity index (χ3v) is 6.43. The number of ether oxygens (including phenoxy) is 1. The molecule has 6 nitrogen and oxygen atoms in total. The molecule has 3 aromatic rings. The fourth-order valence-electron chi connectivity index (χ4n) is 4.24. The Morgan fingerprint density at radius 2 is 1.05 bits per heavy atom. The maximum Gasteiger partial charge on any atom is 0.262 e. The van der Waals surface area contributed by atoms with E-state index in [4.69, 9.17) is 4.74 Å². The number of hydrogen-bond acceptors (Lipinski definition) is 5. The first-order chi connectivity index (χ1) is 18.0. The van der Waals surface area contributed by atoms with Gasteiger partial charge in [-0.1, -0.05) is 50.6 Å². The normalized spacial score (nSPS) is 13.0. The molecular formula is C33H37NO5. The minimum Gasteiger partial charge on any atom is -0.457 e. The number of Topliss-reactive ketones (excluding diaryl/α,β-unsaturated/α-hetero) is 2. The summed E-state index contributed by atoms with van der Waals surface area (Å²) in [5.74, 6) is 0.283. The van der Waals surface area contributed by atoms with E-state index in [1.807, 2.05) is 24.3 Å². The Balaban J connectivity index is 0.000000218. The van der Waals surface area contributed by atoms with Crippen molar-refractivity contribution < 1.29 is 23.9 Å². The average molecular weight is 528 g/mol. The predicted molar refractivity (Wildman–Crippen MR) is 153 cm³/mol. The highest BCUT2D eigenvalue weighted by atomic mass is 16.5. The van der Waals surface area contributed by atoms with Gasteiger partial charge in [0.2, 0.25) is 0 Å². The van der Waals surface area contributed by atoms with Crippen molar-refractivity contribution in [1.82, 2.24) is 4.90 Å². The first-order valence-corrected chi connectivity index (χ1v) is 12.9. The molecule has 1 aliphatic heterocycles. The number of carbonyl (C=O) groups is 4. The molecule has 1 heterocycles. The van der Waals surface area contributed by atoms with E-state index in [9.17, 15) is 19.2 Å². The monoisotopic (exact) mass is 527 g/mol. The van der Waals surface area contributed by atoms with Gasteiger partial charge in [0.05, 0.1) is 11.1 Å². The Kier molecular flexibility index (Phi) is 8.30. The summed E-state index contributed by atoms with van der Waals surface area (Å²) in [7, 11) is 0. The Hall–Kier alpha value is -4.06. The molecule has 0 spiro atoms. The van der Waals surface area contributed by atoms with Gasteiger partial charge in [-0.25, -0.2) is 0 Å². The molecule has 0 atom stereocenters. The van der Waals surface area contributed by atoms with Gasteiger partial charge in [-0.3, -0.25) is 24.1 Å². The van der Waals surface area contributed by atoms with Crippen molar-refractivity contribution in [3.63, 3.8) is 0 Å². The summed E-state index contributed by atoms with van der Waals surface area (Å²) in [4.78, 5) is 49.3. The molecule has 0 aliphatic carbocycles. The Morgan fingerprint density at radius 1 is 0.667 bits per heavy atom. The predicted octanol–water partition coefficient (Wildman–Crippen LogP) is 7.57. The number of aryl methyl sites for hydroxylation is 1. The van der Waals surface area contributed by atoms with Gasteiger partial charge in [0, 0.05) is 16.7 Å². The lowest BCUT2D eigenvalue weighted by Crippen LogP contribution is -2.45. The molecule has 0 unspecified atom stereocenters. The quantitative estimate of drug-likeness (QED) is 0.258. The standard InChI is InChI=1S/C17H20O.C16H17NO4/c1-13-5-9-15(10-6-13)18-16-11-7-14(8-12-16)17(2,3)4;1-8(18)10-6-12-13(7-11(10)9(2)19)15(21)17(14(12)20)16(3,4)5/h5-12H,1-4H3;6-7H,1-5H3. The molecular weight excluding hydrogens is 490 g/mol. The largest absolute Gasteiger partial charge is 0.457 e. The molecule has 2 amide bonds. The van der Waals surface area contributed by atoms with Crippen LogP contribution in [0.25, 0.3) is 0 Å². The molecule has 0 saturated carbocycles. The molecule has 0 aromatic heterocycles. The van der Waals surface area contributed by atoms with E-state index in [0.717, 1.165) is 16.4 Å². The highest BCUT2D eigenvalue weighted by Gasteiger charge is 2.42. The zero-order valence-corrected chi connectivity index (χ0v) is 24.3. The van der Waals surface area contributed by atoms with Crippen molar-refractivity contribution in [1.29, 1.82) is 0 Å². The van der Waals surface area contributed by atoms with Crippen molar-refractivity contribution in [2.75, 3.05) is 0 Å². The van der Waals surface area contributed by atoms with Crippen molar-refractivity contribution in [2.45, 2.75) is 73.3 Å². The summed E-state index contributed by atoms with van der Waals surface area (Å²) in [6, 6.07) is 19.1. The number of carbonyl (C=O) groups excluding carboxylic acids is 4. The van der Waals surface area contributed by atoms with Gasteiger partial charge in [0.15, 0.2) is 11.6 Å². The van der Waals surface area contributed by atoms with Gasteiger partial charge in [0.1, 0.15) is 11.5 Å². The second-order valence-corrected chi connectivity index (χ2v) is 11.9. The van der Waals surface area contributed by atoms with E-state index < -0.39 is 17.4 Å². The number of hydrogen-bond donors (Lipinski definition) is 0. The van der Waals surface area contributed by atoms with Crippen LogP contribution in [0.4, 0.5) is 0 Å². The summed E-state index contributed by atoms with van der Waals surface area (Å²) in [6.07, 6.45) is 0. The third-order valence-electron chi connectivity index (χ3n) is 6.43. The van der Waals surface area contributed by atoms with Crippen LogP contribution in [0.15, 0.2) is 60.7 Å². The second kappa shape index (κ2) is 11.0. The molecule has 0 bridgehead atoms. The summed E-state index contributed by atoms with van der Waals surface area (Å²) < 4.78 is 5.80. The third kappa shape index (κ3) is 6.69. The summed E-state index contributed by atoms with van der Waals surface area (Å²) in [5, 5.41) is 0. The highest BCUT2D eigenvalue weighted by Crippen LogP contribution is 2.32. The molecule has 4 rings (SSSR count). The minimum atomic E-state index is -0.667. The fourth-order valence-corrected chi connectivity index (χ4v) is 4.24. The SMILES string of the molecule is CC(=O)c1cc2c(cc1C(C)=O)C(=O)N(C(C)(C)C)C2=O.Cc1ccc(Oc2ccc(C(C)(C)C)cc2)cc1. The first kappa shape index (κ1) is 29.5. The van der Waals surface area contributed by atoms with Gasteiger partial charge in [-0.05, 0) is 88.9 Å². The van der Waals surface area contributed by atoms with Crippen molar-refractivity contribution >= 4 is 23.4 Å². The van der Waals surface area contributed by atoms with Crippen molar-refractivity contribution in [2.24, 2.45) is 0 Å². The van der Waals surface area contributed by atoms with E-state index in [2.05, 4.69) is 52.0 Å². The molecule has 1 aliphatic rings.